The summed E-state index contributed by atoms with van der Waals surface area (Å²) < 4.78 is 27.2. The first-order valence-corrected chi connectivity index (χ1v) is 3.18. The second-order valence-corrected chi connectivity index (χ2v) is 1.92. The van der Waals surface area contributed by atoms with Gasteiger partial charge in [0.05, 0.1) is 18.9 Å². The predicted molar refractivity (Wildman–Crippen MR) is 36.6 cm³/mol. The van der Waals surface area contributed by atoms with Gasteiger partial charge in [-0.2, -0.15) is 8.78 Å². The van der Waals surface area contributed by atoms with Crippen molar-refractivity contribution in [2.45, 2.75) is 13.2 Å². The number of hydrogen-bond donors (Lipinski definition) is 1. The fourth-order valence-corrected chi connectivity index (χ4v) is 0.612. The van der Waals surface area contributed by atoms with Gasteiger partial charge in [-0.1, -0.05) is 0 Å². The molecule has 66 valence electrons. The summed E-state index contributed by atoms with van der Waals surface area (Å²) in [6.45, 7) is -2.67. The Kier molecular flexibility index (Phi) is 2.87. The van der Waals surface area contributed by atoms with Crippen molar-refractivity contribution in [3.05, 3.63) is 18.2 Å². The molecule has 0 fully saturated rings. The number of aromatic nitrogens is 2. The maximum Gasteiger partial charge on any atom is 0.387 e. The zero-order valence-corrected chi connectivity index (χ0v) is 6.08. The van der Waals surface area contributed by atoms with Crippen molar-refractivity contribution in [2.75, 3.05) is 0 Å². The Morgan fingerprint density at radius 3 is 2.42 bits per heavy atom. The predicted octanol–water partition coefficient (Wildman–Crippen LogP) is 0.537. The standard InChI is InChI=1S/C6H7F2N3O/c7-6(8)12-4-2-10-5(1-9)11-3-4/h2-3,6H,1,9H2. The minimum Gasteiger partial charge on any atom is -0.432 e. The number of nitrogens with two attached hydrogens (primary N) is 1. The van der Waals surface area contributed by atoms with Crippen molar-refractivity contribution in [3.8, 4) is 5.75 Å². The van der Waals surface area contributed by atoms with Gasteiger partial charge in [0.25, 0.3) is 0 Å². The molecule has 1 heterocycles. The van der Waals surface area contributed by atoms with Gasteiger partial charge in [0.2, 0.25) is 0 Å². The van der Waals surface area contributed by atoms with Gasteiger partial charge < -0.3 is 10.5 Å². The van der Waals surface area contributed by atoms with E-state index >= 15 is 0 Å². The summed E-state index contributed by atoms with van der Waals surface area (Å²) in [4.78, 5) is 7.31. The number of nitrogens with zero attached hydrogens (tertiary/aromatic N) is 2. The van der Waals surface area contributed by atoms with Crippen LogP contribution in [0.25, 0.3) is 0 Å². The van der Waals surface area contributed by atoms with Gasteiger partial charge in [-0.25, -0.2) is 9.97 Å². The van der Waals surface area contributed by atoms with Crippen LogP contribution in [-0.2, 0) is 6.54 Å². The fourth-order valence-electron chi connectivity index (χ4n) is 0.612. The topological polar surface area (TPSA) is 61.0 Å². The van der Waals surface area contributed by atoms with Crippen LogP contribution in [0.1, 0.15) is 5.82 Å². The maximum atomic E-state index is 11.6. The van der Waals surface area contributed by atoms with E-state index in [0.29, 0.717) is 5.82 Å². The quantitative estimate of drug-likeness (QED) is 0.728. The fraction of sp³-hybridized carbons (Fsp3) is 0.333. The molecule has 12 heavy (non-hydrogen) atoms. The molecule has 0 spiro atoms. The Balaban J connectivity index is 2.65. The lowest BCUT2D eigenvalue weighted by atomic mass is 10.5. The molecule has 0 aliphatic rings. The van der Waals surface area contributed by atoms with Gasteiger partial charge in [0.1, 0.15) is 5.82 Å². The van der Waals surface area contributed by atoms with Crippen molar-refractivity contribution < 1.29 is 13.5 Å². The van der Waals surface area contributed by atoms with Crippen LogP contribution in [0.2, 0.25) is 0 Å². The van der Waals surface area contributed by atoms with Gasteiger partial charge in [0.15, 0.2) is 5.75 Å². The average molecular weight is 175 g/mol. The van der Waals surface area contributed by atoms with Crippen LogP contribution in [0, 0.1) is 0 Å². The SMILES string of the molecule is NCc1ncc(OC(F)F)cn1. The van der Waals surface area contributed by atoms with E-state index in [0.717, 1.165) is 12.4 Å². The first-order chi connectivity index (χ1) is 5.72. The zero-order chi connectivity index (χ0) is 8.97. The van der Waals surface area contributed by atoms with Gasteiger partial charge in [-0.05, 0) is 0 Å². The molecule has 0 radical (unpaired) electrons. The molecule has 0 atom stereocenters. The van der Waals surface area contributed by atoms with E-state index in [2.05, 4.69) is 14.7 Å². The molecular weight excluding hydrogens is 168 g/mol. The summed E-state index contributed by atoms with van der Waals surface area (Å²) in [6.07, 6.45) is 2.31. The number of alkyl halides is 2. The van der Waals surface area contributed by atoms with Crippen molar-refractivity contribution in [3.63, 3.8) is 0 Å². The van der Waals surface area contributed by atoms with Crippen LogP contribution in [0.5, 0.6) is 5.75 Å². The third kappa shape index (κ3) is 2.39. The van der Waals surface area contributed by atoms with E-state index in [9.17, 15) is 8.78 Å². The monoisotopic (exact) mass is 175 g/mol. The van der Waals surface area contributed by atoms with E-state index in [1.807, 2.05) is 0 Å². The largest absolute Gasteiger partial charge is 0.432 e. The lowest BCUT2D eigenvalue weighted by Gasteiger charge is -2.02. The highest BCUT2D eigenvalue weighted by molar-refractivity contribution is 5.12. The molecule has 6 heteroatoms. The van der Waals surface area contributed by atoms with Crippen LogP contribution in [0.3, 0.4) is 0 Å². The Bertz CT molecular complexity index is 239. The Morgan fingerprint density at radius 1 is 1.42 bits per heavy atom. The minimum absolute atomic E-state index is 0.0674. The number of ether oxygens (including phenoxy) is 1. The van der Waals surface area contributed by atoms with Gasteiger partial charge in [-0.15, -0.1) is 0 Å². The number of halogens is 2. The molecule has 0 saturated carbocycles. The van der Waals surface area contributed by atoms with Crippen LogP contribution >= 0.6 is 0 Å². The molecule has 0 aliphatic heterocycles. The summed E-state index contributed by atoms with van der Waals surface area (Å²) in [5, 5.41) is 0. The maximum absolute atomic E-state index is 11.6. The highest BCUT2D eigenvalue weighted by Crippen LogP contribution is 2.09. The highest BCUT2D eigenvalue weighted by atomic mass is 19.3. The first-order valence-electron chi connectivity index (χ1n) is 3.18. The average Bonchev–Trinajstić information content (AvgIpc) is 2.05. The zero-order valence-electron chi connectivity index (χ0n) is 6.08. The molecule has 0 unspecified atom stereocenters. The van der Waals surface area contributed by atoms with E-state index in [1.54, 1.807) is 0 Å². The minimum atomic E-state index is -2.85. The second-order valence-electron chi connectivity index (χ2n) is 1.92. The Morgan fingerprint density at radius 2 is 2.00 bits per heavy atom. The molecule has 2 N–H and O–H groups in total. The van der Waals surface area contributed by atoms with E-state index < -0.39 is 6.61 Å². The molecule has 0 aliphatic carbocycles. The van der Waals surface area contributed by atoms with Gasteiger partial charge in [0, 0.05) is 0 Å². The summed E-state index contributed by atoms with van der Waals surface area (Å²) in [5.41, 5.74) is 5.19. The smallest absolute Gasteiger partial charge is 0.387 e. The Labute approximate surface area is 67.4 Å². The van der Waals surface area contributed by atoms with Crippen molar-refractivity contribution in [2.24, 2.45) is 5.73 Å². The third-order valence-electron chi connectivity index (χ3n) is 1.09. The third-order valence-corrected chi connectivity index (χ3v) is 1.09. The molecule has 0 bridgehead atoms. The summed E-state index contributed by atoms with van der Waals surface area (Å²) in [6, 6.07) is 0. The van der Waals surface area contributed by atoms with Gasteiger partial charge in [-0.3, -0.25) is 0 Å². The normalized spacial score (nSPS) is 10.3. The first kappa shape index (κ1) is 8.79. The van der Waals surface area contributed by atoms with E-state index in [-0.39, 0.29) is 12.3 Å². The van der Waals surface area contributed by atoms with E-state index in [1.165, 1.54) is 0 Å². The summed E-state index contributed by atoms with van der Waals surface area (Å²) in [7, 11) is 0. The van der Waals surface area contributed by atoms with Crippen LogP contribution in [-0.4, -0.2) is 16.6 Å². The van der Waals surface area contributed by atoms with E-state index in [4.69, 9.17) is 5.73 Å². The van der Waals surface area contributed by atoms with Gasteiger partial charge >= 0.3 is 6.61 Å². The summed E-state index contributed by atoms with van der Waals surface area (Å²) in [5.74, 6) is 0.318. The molecule has 0 saturated heterocycles. The van der Waals surface area contributed by atoms with Crippen molar-refractivity contribution in [1.82, 2.24) is 9.97 Å². The van der Waals surface area contributed by atoms with Crippen LogP contribution < -0.4 is 10.5 Å². The molecule has 1 rings (SSSR count). The lowest BCUT2D eigenvalue weighted by Crippen LogP contribution is -2.05. The molecule has 4 nitrogen and oxygen atoms in total. The molecule has 1 aromatic heterocycles. The van der Waals surface area contributed by atoms with Crippen molar-refractivity contribution in [1.29, 1.82) is 0 Å². The van der Waals surface area contributed by atoms with Crippen molar-refractivity contribution >= 4 is 0 Å². The molecule has 0 amide bonds. The molecule has 0 aromatic carbocycles. The number of hydrogen-bond acceptors (Lipinski definition) is 4. The second kappa shape index (κ2) is 3.91. The number of rotatable bonds is 3. The highest BCUT2D eigenvalue weighted by Gasteiger charge is 2.04. The molecular formula is C6H7F2N3O. The molecule has 1 aromatic rings. The van der Waals surface area contributed by atoms with Crippen LogP contribution in [0.4, 0.5) is 8.78 Å². The van der Waals surface area contributed by atoms with Crippen LogP contribution in [0.15, 0.2) is 12.4 Å². The lowest BCUT2D eigenvalue weighted by molar-refractivity contribution is -0.0503. The summed E-state index contributed by atoms with van der Waals surface area (Å²) >= 11 is 0. The Hall–Kier alpha value is -1.30.